The van der Waals surface area contributed by atoms with Crippen LogP contribution >= 0.6 is 0 Å². The fourth-order valence-electron chi connectivity index (χ4n) is 4.04. The first-order chi connectivity index (χ1) is 16.7. The molecular weight excluding hydrogens is 428 g/mol. The first-order valence-electron chi connectivity index (χ1n) is 11.2. The van der Waals surface area contributed by atoms with Crippen molar-refractivity contribution in [3.05, 3.63) is 90.6 Å². The molecule has 0 atom stereocenters. The van der Waals surface area contributed by atoms with E-state index in [2.05, 4.69) is 16.3 Å². The Balaban J connectivity index is 1.48. The van der Waals surface area contributed by atoms with Gasteiger partial charge in [-0.25, -0.2) is 4.68 Å². The topological polar surface area (TPSA) is 68.6 Å². The molecule has 2 heterocycles. The monoisotopic (exact) mass is 454 g/mol. The van der Waals surface area contributed by atoms with Gasteiger partial charge in [0.25, 0.3) is 5.91 Å². The van der Waals surface area contributed by atoms with Crippen molar-refractivity contribution in [2.24, 2.45) is 0 Å². The molecule has 1 fully saturated rings. The molecule has 1 saturated heterocycles. The molecule has 0 radical (unpaired) electrons. The number of ether oxygens (including phenoxy) is 2. The van der Waals surface area contributed by atoms with Gasteiger partial charge < -0.3 is 19.7 Å². The number of methoxy groups -OCH3 is 1. The lowest BCUT2D eigenvalue weighted by molar-refractivity contribution is 0.102. The van der Waals surface area contributed by atoms with Crippen molar-refractivity contribution in [3.8, 4) is 22.7 Å². The van der Waals surface area contributed by atoms with Crippen molar-refractivity contribution in [2.75, 3.05) is 43.6 Å². The summed E-state index contributed by atoms with van der Waals surface area (Å²) in [4.78, 5) is 15.7. The minimum absolute atomic E-state index is 0.223. The van der Waals surface area contributed by atoms with Crippen molar-refractivity contribution < 1.29 is 14.3 Å². The van der Waals surface area contributed by atoms with Crippen LogP contribution in [0.2, 0.25) is 0 Å². The zero-order valence-corrected chi connectivity index (χ0v) is 19.0. The molecule has 7 nitrogen and oxygen atoms in total. The lowest BCUT2D eigenvalue weighted by Gasteiger charge is -2.29. The van der Waals surface area contributed by atoms with Gasteiger partial charge in [-0.15, -0.1) is 0 Å². The maximum Gasteiger partial charge on any atom is 0.259 e. The molecule has 172 valence electrons. The van der Waals surface area contributed by atoms with E-state index in [1.165, 1.54) is 0 Å². The number of morpholine rings is 1. The number of anilines is 2. The van der Waals surface area contributed by atoms with Gasteiger partial charge in [0.1, 0.15) is 11.4 Å². The summed E-state index contributed by atoms with van der Waals surface area (Å²) in [5, 5.41) is 7.82. The molecule has 0 aliphatic carbocycles. The molecule has 5 rings (SSSR count). The van der Waals surface area contributed by atoms with E-state index in [1.54, 1.807) is 18.0 Å². The number of para-hydroxylation sites is 1. The van der Waals surface area contributed by atoms with Crippen molar-refractivity contribution >= 4 is 17.3 Å². The minimum Gasteiger partial charge on any atom is -0.497 e. The van der Waals surface area contributed by atoms with Crippen LogP contribution in [-0.2, 0) is 4.74 Å². The second-order valence-electron chi connectivity index (χ2n) is 8.01. The Morgan fingerprint density at radius 2 is 1.71 bits per heavy atom. The zero-order chi connectivity index (χ0) is 23.3. The molecule has 3 aromatic carbocycles. The van der Waals surface area contributed by atoms with Gasteiger partial charge >= 0.3 is 0 Å². The van der Waals surface area contributed by atoms with Crippen LogP contribution in [-0.4, -0.2) is 49.1 Å². The van der Waals surface area contributed by atoms with Gasteiger partial charge in [-0.2, -0.15) is 5.10 Å². The Morgan fingerprint density at radius 1 is 0.941 bits per heavy atom. The van der Waals surface area contributed by atoms with Crippen LogP contribution in [0.5, 0.6) is 5.75 Å². The van der Waals surface area contributed by atoms with E-state index in [9.17, 15) is 4.79 Å². The van der Waals surface area contributed by atoms with Crippen molar-refractivity contribution in [3.63, 3.8) is 0 Å². The average molecular weight is 455 g/mol. The number of aromatic nitrogens is 2. The fraction of sp³-hybridized carbons (Fsp3) is 0.185. The quantitative estimate of drug-likeness (QED) is 0.460. The Hall–Kier alpha value is -4.10. The number of carbonyl (C=O) groups is 1. The lowest BCUT2D eigenvalue weighted by atomic mass is 10.1. The number of nitrogens with one attached hydrogen (secondary N) is 1. The molecule has 34 heavy (non-hydrogen) atoms. The Labute approximate surface area is 198 Å². The van der Waals surface area contributed by atoms with Crippen LogP contribution in [0.4, 0.5) is 11.4 Å². The summed E-state index contributed by atoms with van der Waals surface area (Å²) in [5.41, 5.74) is 4.55. The van der Waals surface area contributed by atoms with Crippen LogP contribution in [0.3, 0.4) is 0 Å². The van der Waals surface area contributed by atoms with Crippen LogP contribution in [0, 0.1) is 0 Å². The highest BCUT2D eigenvalue weighted by Gasteiger charge is 2.20. The maximum atomic E-state index is 13.5. The van der Waals surface area contributed by atoms with Crippen molar-refractivity contribution in [1.82, 2.24) is 9.78 Å². The predicted molar refractivity (Wildman–Crippen MR) is 133 cm³/mol. The second-order valence-corrected chi connectivity index (χ2v) is 8.01. The highest BCUT2D eigenvalue weighted by molar-refractivity contribution is 6.08. The van der Waals surface area contributed by atoms with E-state index in [4.69, 9.17) is 14.6 Å². The molecule has 0 saturated carbocycles. The molecule has 7 heteroatoms. The number of carbonyl (C=O) groups excluding carboxylic acids is 1. The molecule has 0 unspecified atom stereocenters. The van der Waals surface area contributed by atoms with Gasteiger partial charge in [0.15, 0.2) is 0 Å². The highest BCUT2D eigenvalue weighted by atomic mass is 16.5. The lowest BCUT2D eigenvalue weighted by Crippen LogP contribution is -2.36. The Bertz CT molecular complexity index is 1280. The van der Waals surface area contributed by atoms with E-state index >= 15 is 0 Å². The summed E-state index contributed by atoms with van der Waals surface area (Å²) in [6.45, 7) is 3.08. The molecular formula is C27H26N4O3. The summed E-state index contributed by atoms with van der Waals surface area (Å²) in [6.07, 6.45) is 1.77. The second kappa shape index (κ2) is 9.80. The van der Waals surface area contributed by atoms with E-state index in [0.29, 0.717) is 30.2 Å². The zero-order valence-electron chi connectivity index (χ0n) is 19.0. The standard InChI is InChI=1S/C27H26N4O3/c1-33-24-12-5-7-20(17-24)26-25(19-31(29-26)22-9-3-2-4-10-22)27(32)28-21-8-6-11-23(18-21)30-13-15-34-16-14-30/h2-12,17-19H,13-16H2,1H3,(H,28,32). The van der Waals surface area contributed by atoms with Crippen molar-refractivity contribution in [1.29, 1.82) is 0 Å². The van der Waals surface area contributed by atoms with Gasteiger partial charge in [-0.3, -0.25) is 4.79 Å². The number of hydrogen-bond acceptors (Lipinski definition) is 5. The first kappa shape index (κ1) is 21.7. The summed E-state index contributed by atoms with van der Waals surface area (Å²) < 4.78 is 12.6. The van der Waals surface area contributed by atoms with Crippen molar-refractivity contribution in [2.45, 2.75) is 0 Å². The average Bonchev–Trinajstić information content (AvgIpc) is 3.36. The van der Waals surface area contributed by atoms with E-state index in [0.717, 1.165) is 35.7 Å². The molecule has 1 amide bonds. The van der Waals surface area contributed by atoms with Gasteiger partial charge in [0.05, 0.1) is 31.6 Å². The molecule has 4 aromatic rings. The van der Waals surface area contributed by atoms with Crippen LogP contribution in [0.15, 0.2) is 85.1 Å². The summed E-state index contributed by atoms with van der Waals surface area (Å²) in [5.74, 6) is 0.482. The molecule has 1 aliphatic heterocycles. The van der Waals surface area contributed by atoms with Crippen LogP contribution in [0.1, 0.15) is 10.4 Å². The first-order valence-corrected chi connectivity index (χ1v) is 11.2. The number of rotatable bonds is 6. The Morgan fingerprint density at radius 3 is 2.50 bits per heavy atom. The summed E-state index contributed by atoms with van der Waals surface area (Å²) in [7, 11) is 1.62. The van der Waals surface area contributed by atoms with Gasteiger partial charge in [0, 0.05) is 36.2 Å². The molecule has 1 aliphatic rings. The van der Waals surface area contributed by atoms with Gasteiger partial charge in [-0.1, -0.05) is 36.4 Å². The summed E-state index contributed by atoms with van der Waals surface area (Å²) >= 11 is 0. The number of amides is 1. The third-order valence-corrected chi connectivity index (χ3v) is 5.80. The third-order valence-electron chi connectivity index (χ3n) is 5.80. The van der Waals surface area contributed by atoms with Crippen LogP contribution in [0.25, 0.3) is 16.9 Å². The minimum atomic E-state index is -0.223. The highest BCUT2D eigenvalue weighted by Crippen LogP contribution is 2.28. The molecule has 1 N–H and O–H groups in total. The van der Waals surface area contributed by atoms with E-state index in [1.807, 2.05) is 72.8 Å². The normalized spacial score (nSPS) is 13.5. The van der Waals surface area contributed by atoms with E-state index < -0.39 is 0 Å². The largest absolute Gasteiger partial charge is 0.497 e. The van der Waals surface area contributed by atoms with Gasteiger partial charge in [0.2, 0.25) is 0 Å². The predicted octanol–water partition coefficient (Wildman–Crippen LogP) is 4.64. The molecule has 0 bridgehead atoms. The maximum absolute atomic E-state index is 13.5. The van der Waals surface area contributed by atoms with Crippen LogP contribution < -0.4 is 15.0 Å². The number of nitrogens with zero attached hydrogens (tertiary/aromatic N) is 3. The van der Waals surface area contributed by atoms with E-state index in [-0.39, 0.29) is 5.91 Å². The third kappa shape index (κ3) is 4.65. The fourth-order valence-corrected chi connectivity index (χ4v) is 4.04. The Kier molecular flexibility index (Phi) is 6.27. The number of hydrogen-bond donors (Lipinski definition) is 1. The smallest absolute Gasteiger partial charge is 0.259 e. The van der Waals surface area contributed by atoms with Gasteiger partial charge in [-0.05, 0) is 42.5 Å². The molecule has 1 aromatic heterocycles. The summed E-state index contributed by atoms with van der Waals surface area (Å²) in [6, 6.07) is 25.2. The molecule has 0 spiro atoms. The SMILES string of the molecule is COc1cccc(-c2nn(-c3ccccc3)cc2C(=O)Nc2cccc(N3CCOCC3)c2)c1. The number of benzene rings is 3.